The van der Waals surface area contributed by atoms with E-state index in [1.807, 2.05) is 13.8 Å². The first-order valence-electron chi connectivity index (χ1n) is 6.72. The molecule has 0 spiro atoms. The highest BCUT2D eigenvalue weighted by Crippen LogP contribution is 2.35. The minimum absolute atomic E-state index is 0.0392. The summed E-state index contributed by atoms with van der Waals surface area (Å²) >= 11 is 0. The maximum atomic E-state index is 12.0. The Hall–Kier alpha value is -1.39. The van der Waals surface area contributed by atoms with Crippen molar-refractivity contribution in [2.45, 2.75) is 46.1 Å². The zero-order chi connectivity index (χ0) is 14.4. The van der Waals surface area contributed by atoms with Gasteiger partial charge in [-0.05, 0) is 24.7 Å². The van der Waals surface area contributed by atoms with Crippen molar-refractivity contribution in [1.82, 2.24) is 0 Å². The van der Waals surface area contributed by atoms with E-state index in [0.29, 0.717) is 12.8 Å². The maximum absolute atomic E-state index is 12.0. The molecule has 0 bridgehead atoms. The summed E-state index contributed by atoms with van der Waals surface area (Å²) in [6.45, 7) is 5.39. The molecule has 19 heavy (non-hydrogen) atoms. The summed E-state index contributed by atoms with van der Waals surface area (Å²) in [5.41, 5.74) is 0. The van der Waals surface area contributed by atoms with Crippen molar-refractivity contribution in [1.29, 1.82) is 0 Å². The van der Waals surface area contributed by atoms with Crippen LogP contribution in [0.5, 0.6) is 0 Å². The molecule has 0 aromatic carbocycles. The van der Waals surface area contributed by atoms with Crippen LogP contribution in [0.1, 0.15) is 40.0 Å². The Labute approximate surface area is 114 Å². The Morgan fingerprint density at radius 3 is 2.74 bits per heavy atom. The van der Waals surface area contributed by atoms with E-state index in [-0.39, 0.29) is 35.6 Å². The summed E-state index contributed by atoms with van der Waals surface area (Å²) in [5, 5.41) is 3.69. The van der Waals surface area contributed by atoms with Gasteiger partial charge in [0.2, 0.25) is 0 Å². The number of Topliss-reactive ketones (excluding diaryl/α,β-unsaturated/α-hetero) is 1. The van der Waals surface area contributed by atoms with Gasteiger partial charge in [-0.25, -0.2) is 0 Å². The fourth-order valence-electron chi connectivity index (χ4n) is 2.69. The van der Waals surface area contributed by atoms with Gasteiger partial charge in [-0.2, -0.15) is 0 Å². The Balaban J connectivity index is 2.78. The summed E-state index contributed by atoms with van der Waals surface area (Å²) < 4.78 is 5.41. The van der Waals surface area contributed by atoms with Gasteiger partial charge in [0.1, 0.15) is 19.0 Å². The molecule has 0 amide bonds. The second-order valence-corrected chi connectivity index (χ2v) is 5.27. The number of oxime groups is 1. The molecule has 1 saturated carbocycles. The Bertz CT molecular complexity index is 353. The van der Waals surface area contributed by atoms with Crippen LogP contribution in [0.15, 0.2) is 5.16 Å². The first-order chi connectivity index (χ1) is 8.97. The van der Waals surface area contributed by atoms with Gasteiger partial charge in [-0.1, -0.05) is 19.0 Å². The first-order valence-corrected chi connectivity index (χ1v) is 6.72. The van der Waals surface area contributed by atoms with Gasteiger partial charge in [0.25, 0.3) is 0 Å². The maximum Gasteiger partial charge on any atom is 0.302 e. The molecule has 0 aromatic rings. The largest absolute Gasteiger partial charge is 0.461 e. The minimum atomic E-state index is -0.370. The number of carbonyl (C=O) groups excluding carboxylic acids is 2. The molecule has 1 fully saturated rings. The van der Waals surface area contributed by atoms with Crippen molar-refractivity contribution in [3.05, 3.63) is 0 Å². The molecule has 1 aliphatic carbocycles. The van der Waals surface area contributed by atoms with Gasteiger partial charge in [0, 0.05) is 19.6 Å². The zero-order valence-electron chi connectivity index (χ0n) is 12.1. The Morgan fingerprint density at radius 1 is 1.58 bits per heavy atom. The molecule has 5 nitrogen and oxygen atoms in total. The second kappa shape index (κ2) is 7.26. The topological polar surface area (TPSA) is 65.0 Å². The molecular weight excluding hydrogens is 246 g/mol. The van der Waals surface area contributed by atoms with Crippen molar-refractivity contribution in [3.8, 4) is 0 Å². The van der Waals surface area contributed by atoms with Gasteiger partial charge in [0.15, 0.2) is 0 Å². The molecule has 1 unspecified atom stereocenters. The SMILES string of the molecule is CO/N=C\C[C@@H](C)[C@@H](OC(C)=O)[C@H]1C(=O)CCC1C. The number of esters is 1. The first kappa shape index (κ1) is 15.7. The molecule has 1 aliphatic rings. The lowest BCUT2D eigenvalue weighted by Gasteiger charge is -2.29. The molecule has 0 aromatic heterocycles. The number of rotatable bonds is 6. The Morgan fingerprint density at radius 2 is 2.26 bits per heavy atom. The number of ether oxygens (including phenoxy) is 1. The van der Waals surface area contributed by atoms with Gasteiger partial charge >= 0.3 is 5.97 Å². The summed E-state index contributed by atoms with van der Waals surface area (Å²) in [4.78, 5) is 27.9. The van der Waals surface area contributed by atoms with Crippen molar-refractivity contribution in [2.75, 3.05) is 7.11 Å². The number of ketones is 1. The van der Waals surface area contributed by atoms with Gasteiger partial charge in [-0.15, -0.1) is 0 Å². The number of nitrogens with zero attached hydrogens (tertiary/aromatic N) is 1. The summed E-state index contributed by atoms with van der Waals surface area (Å²) in [6.07, 6.45) is 3.35. The average Bonchev–Trinajstić information content (AvgIpc) is 2.66. The molecule has 4 atom stereocenters. The normalized spacial score (nSPS) is 26.4. The smallest absolute Gasteiger partial charge is 0.302 e. The Kier molecular flexibility index (Phi) is 5.99. The number of carbonyl (C=O) groups is 2. The van der Waals surface area contributed by atoms with E-state index in [0.717, 1.165) is 6.42 Å². The third-order valence-corrected chi connectivity index (χ3v) is 3.70. The molecule has 0 saturated heterocycles. The van der Waals surface area contributed by atoms with Crippen LogP contribution in [0.4, 0.5) is 0 Å². The van der Waals surface area contributed by atoms with E-state index in [4.69, 9.17) is 4.74 Å². The van der Waals surface area contributed by atoms with Crippen LogP contribution in [0.3, 0.4) is 0 Å². The highest BCUT2D eigenvalue weighted by Gasteiger charge is 2.41. The molecule has 0 heterocycles. The van der Waals surface area contributed by atoms with Gasteiger partial charge in [0.05, 0.1) is 5.92 Å². The quantitative estimate of drug-likeness (QED) is 0.421. The summed E-state index contributed by atoms with van der Waals surface area (Å²) in [5.74, 6) is -0.0208. The van der Waals surface area contributed by atoms with Gasteiger partial charge in [-0.3, -0.25) is 9.59 Å². The van der Waals surface area contributed by atoms with E-state index in [9.17, 15) is 9.59 Å². The van der Waals surface area contributed by atoms with E-state index in [2.05, 4.69) is 9.99 Å². The molecule has 1 rings (SSSR count). The summed E-state index contributed by atoms with van der Waals surface area (Å²) in [6, 6.07) is 0. The van der Waals surface area contributed by atoms with E-state index in [1.54, 1.807) is 6.21 Å². The van der Waals surface area contributed by atoms with Crippen molar-refractivity contribution < 1.29 is 19.2 Å². The predicted molar refractivity (Wildman–Crippen MR) is 71.7 cm³/mol. The molecule has 0 N–H and O–H groups in total. The molecule has 0 radical (unpaired) electrons. The number of hydrogen-bond acceptors (Lipinski definition) is 5. The predicted octanol–water partition coefficient (Wildman–Crippen LogP) is 2.19. The zero-order valence-corrected chi connectivity index (χ0v) is 12.1. The third-order valence-electron chi connectivity index (χ3n) is 3.70. The monoisotopic (exact) mass is 269 g/mol. The highest BCUT2D eigenvalue weighted by atomic mass is 16.6. The van der Waals surface area contributed by atoms with E-state index < -0.39 is 0 Å². The average molecular weight is 269 g/mol. The summed E-state index contributed by atoms with van der Waals surface area (Å²) in [7, 11) is 1.48. The molecule has 0 aliphatic heterocycles. The van der Waals surface area contributed by atoms with Crippen molar-refractivity contribution in [2.24, 2.45) is 22.9 Å². The van der Waals surface area contributed by atoms with Crippen LogP contribution in [0, 0.1) is 17.8 Å². The van der Waals surface area contributed by atoms with Crippen LogP contribution in [-0.4, -0.2) is 31.2 Å². The van der Waals surface area contributed by atoms with E-state index >= 15 is 0 Å². The van der Waals surface area contributed by atoms with Crippen molar-refractivity contribution >= 4 is 18.0 Å². The van der Waals surface area contributed by atoms with Crippen LogP contribution in [0.25, 0.3) is 0 Å². The number of hydrogen-bond donors (Lipinski definition) is 0. The van der Waals surface area contributed by atoms with Crippen LogP contribution >= 0.6 is 0 Å². The molecule has 108 valence electrons. The van der Waals surface area contributed by atoms with Crippen LogP contribution in [0.2, 0.25) is 0 Å². The van der Waals surface area contributed by atoms with Crippen LogP contribution < -0.4 is 0 Å². The van der Waals surface area contributed by atoms with Crippen molar-refractivity contribution in [3.63, 3.8) is 0 Å². The fraction of sp³-hybridized carbons (Fsp3) is 0.786. The highest BCUT2D eigenvalue weighted by molar-refractivity contribution is 5.84. The minimum Gasteiger partial charge on any atom is -0.461 e. The lowest BCUT2D eigenvalue weighted by molar-refractivity contribution is -0.154. The molecule has 5 heteroatoms. The van der Waals surface area contributed by atoms with Crippen LogP contribution in [-0.2, 0) is 19.2 Å². The second-order valence-electron chi connectivity index (χ2n) is 5.27. The fourth-order valence-corrected chi connectivity index (χ4v) is 2.69. The lowest BCUT2D eigenvalue weighted by Crippen LogP contribution is -2.37. The standard InChI is InChI=1S/C14H23NO4/c1-9-5-6-12(17)13(9)14(19-11(3)16)10(2)7-8-15-18-4/h8-10,13-14H,5-7H2,1-4H3/b15-8-/t9?,10-,13-,14-/m1/s1. The van der Waals surface area contributed by atoms with E-state index in [1.165, 1.54) is 14.0 Å². The lowest BCUT2D eigenvalue weighted by atomic mass is 9.83. The third kappa shape index (κ3) is 4.33. The van der Waals surface area contributed by atoms with Gasteiger partial charge < -0.3 is 9.57 Å². The molecular formula is C14H23NO4.